The molecule has 0 saturated heterocycles. The van der Waals surface area contributed by atoms with Gasteiger partial charge in [-0.3, -0.25) is 0 Å². The summed E-state index contributed by atoms with van der Waals surface area (Å²) in [5.41, 5.74) is 7.57. The van der Waals surface area contributed by atoms with Gasteiger partial charge in [0.2, 0.25) is 0 Å². The molecular weight excluding hydrogens is 533 g/mol. The van der Waals surface area contributed by atoms with E-state index in [4.69, 9.17) is 0 Å². The second-order valence-electron chi connectivity index (χ2n) is 11.1. The predicted octanol–water partition coefficient (Wildman–Crippen LogP) is 9.80. The quantitative estimate of drug-likeness (QED) is 0.145. The van der Waals surface area contributed by atoms with Gasteiger partial charge in [0.05, 0.1) is 0 Å². The standard InChI is InChI=1S/C42H28Si/c1-3-11-29(12-4-1)31-19-22-32(23-20-31)41-37-17-9-10-18-38(37)42(34-24-21-30-13-7-8-14-33(30)27-34)39-26-25-36(28-40(39)41)43-35-15-5-2-6-16-35/h1-28H. The number of fused-ring (bicyclic) bond motifs is 3. The first-order valence-corrected chi connectivity index (χ1v) is 15.8. The molecular formula is C42H28Si. The summed E-state index contributed by atoms with van der Waals surface area (Å²) in [6, 6.07) is 62.2. The third-order valence-corrected chi connectivity index (χ3v) is 9.63. The Balaban J connectivity index is 1.40. The van der Waals surface area contributed by atoms with Crippen molar-refractivity contribution in [1.82, 2.24) is 0 Å². The average Bonchev–Trinajstić information content (AvgIpc) is 3.08. The van der Waals surface area contributed by atoms with E-state index < -0.39 is 0 Å². The molecule has 200 valence electrons. The lowest BCUT2D eigenvalue weighted by atomic mass is 9.85. The Morgan fingerprint density at radius 2 is 0.814 bits per heavy atom. The summed E-state index contributed by atoms with van der Waals surface area (Å²) in [6.45, 7) is 0. The largest absolute Gasteiger partial charge is 0.121 e. The summed E-state index contributed by atoms with van der Waals surface area (Å²) >= 11 is 0. The lowest BCUT2D eigenvalue weighted by Gasteiger charge is -2.19. The lowest BCUT2D eigenvalue weighted by molar-refractivity contribution is 1.61. The first-order valence-electron chi connectivity index (χ1n) is 14.8. The molecule has 0 aliphatic heterocycles. The van der Waals surface area contributed by atoms with Gasteiger partial charge in [-0.05, 0) is 71.8 Å². The Labute approximate surface area is 254 Å². The van der Waals surface area contributed by atoms with E-state index in [0.29, 0.717) is 9.52 Å². The van der Waals surface area contributed by atoms with Crippen LogP contribution in [0.5, 0.6) is 0 Å². The molecule has 0 aliphatic rings. The van der Waals surface area contributed by atoms with Crippen molar-refractivity contribution in [2.75, 3.05) is 0 Å². The summed E-state index contributed by atoms with van der Waals surface area (Å²) in [7, 11) is 0.600. The fraction of sp³-hybridized carbons (Fsp3) is 0. The second-order valence-corrected chi connectivity index (χ2v) is 12.5. The van der Waals surface area contributed by atoms with Crippen molar-refractivity contribution in [1.29, 1.82) is 0 Å². The van der Waals surface area contributed by atoms with Crippen LogP contribution in [0.25, 0.3) is 65.7 Å². The van der Waals surface area contributed by atoms with Crippen molar-refractivity contribution >= 4 is 52.2 Å². The fourth-order valence-electron chi connectivity index (χ4n) is 6.37. The minimum Gasteiger partial charge on any atom is -0.0631 e. The average molecular weight is 561 g/mol. The molecule has 0 bridgehead atoms. The summed E-state index contributed by atoms with van der Waals surface area (Å²) < 4.78 is 0. The third-order valence-electron chi connectivity index (χ3n) is 8.41. The molecule has 0 unspecified atom stereocenters. The van der Waals surface area contributed by atoms with Gasteiger partial charge < -0.3 is 0 Å². The lowest BCUT2D eigenvalue weighted by Crippen LogP contribution is -2.26. The van der Waals surface area contributed by atoms with E-state index in [9.17, 15) is 0 Å². The third kappa shape index (κ3) is 4.74. The number of rotatable bonds is 5. The highest BCUT2D eigenvalue weighted by Gasteiger charge is 2.18. The fourth-order valence-corrected chi connectivity index (χ4v) is 7.45. The first kappa shape index (κ1) is 25.5. The second kappa shape index (κ2) is 10.9. The van der Waals surface area contributed by atoms with E-state index in [0.717, 1.165) is 0 Å². The molecule has 1 heteroatoms. The summed E-state index contributed by atoms with van der Waals surface area (Å²) in [5.74, 6) is 0. The molecule has 2 radical (unpaired) electrons. The highest BCUT2D eigenvalue weighted by molar-refractivity contribution is 6.67. The van der Waals surface area contributed by atoms with Gasteiger partial charge in [0.15, 0.2) is 0 Å². The Kier molecular flexibility index (Phi) is 6.44. The van der Waals surface area contributed by atoms with Crippen LogP contribution < -0.4 is 10.4 Å². The molecule has 8 aromatic rings. The molecule has 0 saturated carbocycles. The molecule has 0 amide bonds. The van der Waals surface area contributed by atoms with Crippen LogP contribution in [0.2, 0.25) is 0 Å². The van der Waals surface area contributed by atoms with Crippen molar-refractivity contribution in [3.63, 3.8) is 0 Å². The van der Waals surface area contributed by atoms with Crippen LogP contribution in [0.3, 0.4) is 0 Å². The maximum absolute atomic E-state index is 2.44. The van der Waals surface area contributed by atoms with Gasteiger partial charge in [0, 0.05) is 0 Å². The number of benzene rings is 8. The molecule has 8 aromatic carbocycles. The molecule has 0 N–H and O–H groups in total. The van der Waals surface area contributed by atoms with E-state index in [2.05, 4.69) is 170 Å². The normalized spacial score (nSPS) is 11.3. The topological polar surface area (TPSA) is 0 Å². The zero-order chi connectivity index (χ0) is 28.6. The van der Waals surface area contributed by atoms with Crippen molar-refractivity contribution in [3.8, 4) is 33.4 Å². The van der Waals surface area contributed by atoms with Gasteiger partial charge in [0.25, 0.3) is 0 Å². The Bertz CT molecular complexity index is 2230. The Morgan fingerprint density at radius 3 is 1.56 bits per heavy atom. The van der Waals surface area contributed by atoms with E-state index in [1.165, 1.54) is 76.1 Å². The number of hydrogen-bond donors (Lipinski definition) is 0. The smallest absolute Gasteiger partial charge is 0.0631 e. The minimum atomic E-state index is 0.600. The molecule has 8 rings (SSSR count). The maximum Gasteiger partial charge on any atom is 0.121 e. The van der Waals surface area contributed by atoms with Gasteiger partial charge in [0.1, 0.15) is 9.52 Å². The monoisotopic (exact) mass is 560 g/mol. The van der Waals surface area contributed by atoms with Gasteiger partial charge in [-0.1, -0.05) is 174 Å². The molecule has 0 aliphatic carbocycles. The molecule has 0 atom stereocenters. The van der Waals surface area contributed by atoms with Crippen LogP contribution in [0.1, 0.15) is 0 Å². The molecule has 43 heavy (non-hydrogen) atoms. The van der Waals surface area contributed by atoms with Gasteiger partial charge in [-0.2, -0.15) is 0 Å². The van der Waals surface area contributed by atoms with E-state index >= 15 is 0 Å². The summed E-state index contributed by atoms with van der Waals surface area (Å²) in [5, 5.41) is 10.4. The Hall–Kier alpha value is -5.24. The highest BCUT2D eigenvalue weighted by Crippen LogP contribution is 2.44. The van der Waals surface area contributed by atoms with Crippen molar-refractivity contribution in [2.24, 2.45) is 0 Å². The van der Waals surface area contributed by atoms with Crippen molar-refractivity contribution in [2.45, 2.75) is 0 Å². The number of hydrogen-bond acceptors (Lipinski definition) is 0. The molecule has 0 nitrogen and oxygen atoms in total. The highest BCUT2D eigenvalue weighted by atomic mass is 28.2. The van der Waals surface area contributed by atoms with Crippen LogP contribution in [0.15, 0.2) is 170 Å². The molecule has 0 fully saturated rings. The summed E-state index contributed by atoms with van der Waals surface area (Å²) in [4.78, 5) is 0. The van der Waals surface area contributed by atoms with Crippen molar-refractivity contribution < 1.29 is 0 Å². The minimum absolute atomic E-state index is 0.600. The van der Waals surface area contributed by atoms with Crippen LogP contribution in [0.4, 0.5) is 0 Å². The van der Waals surface area contributed by atoms with Crippen LogP contribution in [0, 0.1) is 0 Å². The van der Waals surface area contributed by atoms with Crippen LogP contribution in [-0.2, 0) is 0 Å². The zero-order valence-corrected chi connectivity index (χ0v) is 24.7. The van der Waals surface area contributed by atoms with Crippen LogP contribution >= 0.6 is 0 Å². The van der Waals surface area contributed by atoms with E-state index in [1.807, 2.05) is 0 Å². The molecule has 0 heterocycles. The predicted molar refractivity (Wildman–Crippen MR) is 187 cm³/mol. The van der Waals surface area contributed by atoms with Gasteiger partial charge in [-0.25, -0.2) is 0 Å². The van der Waals surface area contributed by atoms with Gasteiger partial charge in [-0.15, -0.1) is 0 Å². The molecule has 0 spiro atoms. The van der Waals surface area contributed by atoms with E-state index in [1.54, 1.807) is 0 Å². The molecule has 0 aromatic heterocycles. The zero-order valence-electron chi connectivity index (χ0n) is 23.7. The summed E-state index contributed by atoms with van der Waals surface area (Å²) in [6.07, 6.45) is 0. The SMILES string of the molecule is c1ccc([Si]c2ccc3c(-c4ccc5ccccc5c4)c4ccccc4c(-c4ccc(-c5ccccc5)cc4)c3c2)cc1. The Morgan fingerprint density at radius 1 is 0.279 bits per heavy atom. The van der Waals surface area contributed by atoms with Crippen molar-refractivity contribution in [3.05, 3.63) is 170 Å². The van der Waals surface area contributed by atoms with E-state index in [-0.39, 0.29) is 0 Å². The maximum atomic E-state index is 2.44. The van der Waals surface area contributed by atoms with Gasteiger partial charge >= 0.3 is 0 Å². The van der Waals surface area contributed by atoms with Crippen LogP contribution in [-0.4, -0.2) is 9.52 Å². The first-order chi connectivity index (χ1) is 21.3.